The van der Waals surface area contributed by atoms with E-state index in [0.29, 0.717) is 12.1 Å². The third-order valence-corrected chi connectivity index (χ3v) is 7.53. The van der Waals surface area contributed by atoms with Crippen LogP contribution in [0.1, 0.15) is 48.7 Å². The standard InChI is InChI=1S/C22H28N2O4S/c1-16(2)23(3)29(26,27)20-8-5-7-18(15-20)22(25)24-14-6-9-21(24)17-10-12-19(28-4)13-11-17/h5,7-8,10-13,15-16,21H,6,9,14H2,1-4H3. The van der Waals surface area contributed by atoms with Crippen molar-refractivity contribution in [3.05, 3.63) is 59.7 Å². The van der Waals surface area contributed by atoms with Gasteiger partial charge >= 0.3 is 0 Å². The average molecular weight is 417 g/mol. The van der Waals surface area contributed by atoms with Gasteiger partial charge in [-0.25, -0.2) is 8.42 Å². The predicted molar refractivity (Wildman–Crippen MR) is 113 cm³/mol. The van der Waals surface area contributed by atoms with E-state index >= 15 is 0 Å². The molecule has 1 aliphatic rings. The van der Waals surface area contributed by atoms with Gasteiger partial charge in [0.15, 0.2) is 0 Å². The first-order valence-electron chi connectivity index (χ1n) is 9.78. The Hall–Kier alpha value is -2.38. The number of nitrogens with zero attached hydrogens (tertiary/aromatic N) is 2. The Bertz CT molecular complexity index is 971. The third kappa shape index (κ3) is 4.31. The highest BCUT2D eigenvalue weighted by molar-refractivity contribution is 7.89. The molecule has 0 N–H and O–H groups in total. The second kappa shape index (κ2) is 8.55. The van der Waals surface area contributed by atoms with Crippen LogP contribution >= 0.6 is 0 Å². The summed E-state index contributed by atoms with van der Waals surface area (Å²) < 4.78 is 32.1. The monoisotopic (exact) mass is 416 g/mol. The van der Waals surface area contributed by atoms with E-state index in [4.69, 9.17) is 4.74 Å². The Balaban J connectivity index is 1.88. The van der Waals surface area contributed by atoms with Crippen LogP contribution in [0.25, 0.3) is 0 Å². The van der Waals surface area contributed by atoms with E-state index in [2.05, 4.69) is 0 Å². The second-order valence-electron chi connectivity index (χ2n) is 7.57. The maximum Gasteiger partial charge on any atom is 0.254 e. The van der Waals surface area contributed by atoms with Gasteiger partial charge < -0.3 is 9.64 Å². The van der Waals surface area contributed by atoms with Crippen LogP contribution < -0.4 is 4.74 Å². The van der Waals surface area contributed by atoms with Gasteiger partial charge in [-0.3, -0.25) is 4.79 Å². The molecule has 1 atom stereocenters. The number of benzene rings is 2. The number of ether oxygens (including phenoxy) is 1. The van der Waals surface area contributed by atoms with E-state index < -0.39 is 10.0 Å². The van der Waals surface area contributed by atoms with Gasteiger partial charge in [-0.15, -0.1) is 0 Å². The summed E-state index contributed by atoms with van der Waals surface area (Å²) in [6.45, 7) is 4.28. The smallest absolute Gasteiger partial charge is 0.254 e. The second-order valence-corrected chi connectivity index (χ2v) is 9.57. The number of sulfonamides is 1. The van der Waals surface area contributed by atoms with Gasteiger partial charge in [0.05, 0.1) is 18.0 Å². The van der Waals surface area contributed by atoms with Crippen LogP contribution in [0.5, 0.6) is 5.75 Å². The molecule has 29 heavy (non-hydrogen) atoms. The molecular formula is C22H28N2O4S. The maximum atomic E-state index is 13.2. The topological polar surface area (TPSA) is 66.9 Å². The van der Waals surface area contributed by atoms with Crippen molar-refractivity contribution in [3.63, 3.8) is 0 Å². The van der Waals surface area contributed by atoms with Crippen molar-refractivity contribution in [1.82, 2.24) is 9.21 Å². The van der Waals surface area contributed by atoms with Crippen molar-refractivity contribution in [3.8, 4) is 5.75 Å². The minimum atomic E-state index is -3.64. The van der Waals surface area contributed by atoms with Crippen molar-refractivity contribution < 1.29 is 17.9 Å². The van der Waals surface area contributed by atoms with Gasteiger partial charge in [0.25, 0.3) is 5.91 Å². The number of methoxy groups -OCH3 is 1. The summed E-state index contributed by atoms with van der Waals surface area (Å²) in [5.74, 6) is 0.629. The molecule has 156 valence electrons. The van der Waals surface area contributed by atoms with Crippen LogP contribution in [-0.2, 0) is 10.0 Å². The highest BCUT2D eigenvalue weighted by Crippen LogP contribution is 2.34. The van der Waals surface area contributed by atoms with Gasteiger partial charge in [0.1, 0.15) is 5.75 Å². The lowest BCUT2D eigenvalue weighted by Crippen LogP contribution is -2.33. The Morgan fingerprint density at radius 2 is 1.86 bits per heavy atom. The number of rotatable bonds is 6. The zero-order valence-corrected chi connectivity index (χ0v) is 18.1. The molecule has 1 aliphatic heterocycles. The fraction of sp³-hybridized carbons (Fsp3) is 0.409. The number of carbonyl (C=O) groups is 1. The molecule has 6 nitrogen and oxygen atoms in total. The molecule has 1 fully saturated rings. The highest BCUT2D eigenvalue weighted by Gasteiger charge is 2.31. The Kier molecular flexibility index (Phi) is 6.29. The summed E-state index contributed by atoms with van der Waals surface area (Å²) in [6.07, 6.45) is 1.79. The molecule has 1 heterocycles. The summed E-state index contributed by atoms with van der Waals surface area (Å²) in [5, 5.41) is 0. The fourth-order valence-corrected chi connectivity index (χ4v) is 5.00. The summed E-state index contributed by atoms with van der Waals surface area (Å²) in [4.78, 5) is 15.2. The summed E-state index contributed by atoms with van der Waals surface area (Å²) in [5.41, 5.74) is 1.45. The van der Waals surface area contributed by atoms with Crippen molar-refractivity contribution in [2.75, 3.05) is 20.7 Å². The normalized spacial score (nSPS) is 17.2. The maximum absolute atomic E-state index is 13.2. The lowest BCUT2D eigenvalue weighted by atomic mass is 10.0. The summed E-state index contributed by atoms with van der Waals surface area (Å²) in [7, 11) is -0.469. The number of amides is 1. The van der Waals surface area contributed by atoms with Crippen LogP contribution in [0.2, 0.25) is 0 Å². The molecule has 0 radical (unpaired) electrons. The largest absolute Gasteiger partial charge is 0.497 e. The molecule has 3 rings (SSSR count). The number of hydrogen-bond donors (Lipinski definition) is 0. The molecule has 2 aromatic rings. The lowest BCUT2D eigenvalue weighted by molar-refractivity contribution is 0.0735. The first-order chi connectivity index (χ1) is 13.8. The molecule has 1 amide bonds. The molecule has 0 saturated carbocycles. The van der Waals surface area contributed by atoms with Gasteiger partial charge in [-0.2, -0.15) is 4.31 Å². The van der Waals surface area contributed by atoms with Crippen molar-refractivity contribution in [2.45, 2.75) is 43.7 Å². The molecule has 0 aliphatic carbocycles. The first kappa shape index (κ1) is 21.3. The van der Waals surface area contributed by atoms with E-state index in [9.17, 15) is 13.2 Å². The highest BCUT2D eigenvalue weighted by atomic mass is 32.2. The van der Waals surface area contributed by atoms with E-state index in [0.717, 1.165) is 24.2 Å². The Morgan fingerprint density at radius 3 is 2.48 bits per heavy atom. The molecule has 1 unspecified atom stereocenters. The van der Waals surface area contributed by atoms with Crippen LogP contribution in [-0.4, -0.2) is 50.3 Å². The minimum absolute atomic E-state index is 0.0213. The SMILES string of the molecule is COc1ccc(C2CCCN2C(=O)c2cccc(S(=O)(=O)N(C)C(C)C)c2)cc1. The zero-order chi connectivity index (χ0) is 21.2. The predicted octanol–water partition coefficient (Wildman–Crippen LogP) is 3.70. The average Bonchev–Trinajstić information content (AvgIpc) is 3.22. The van der Waals surface area contributed by atoms with Crippen molar-refractivity contribution in [2.24, 2.45) is 0 Å². The van der Waals surface area contributed by atoms with E-state index in [1.807, 2.05) is 43.0 Å². The van der Waals surface area contributed by atoms with Gasteiger partial charge in [-0.1, -0.05) is 18.2 Å². The summed E-state index contributed by atoms with van der Waals surface area (Å²) >= 11 is 0. The van der Waals surface area contributed by atoms with Crippen molar-refractivity contribution in [1.29, 1.82) is 0 Å². The molecule has 7 heteroatoms. The van der Waals surface area contributed by atoms with Crippen LogP contribution in [0.15, 0.2) is 53.4 Å². The Morgan fingerprint density at radius 1 is 1.17 bits per heavy atom. The fourth-order valence-electron chi connectivity index (χ4n) is 3.58. The molecule has 0 aromatic heterocycles. The van der Waals surface area contributed by atoms with E-state index in [1.54, 1.807) is 26.3 Å². The van der Waals surface area contributed by atoms with Gasteiger partial charge in [0, 0.05) is 25.2 Å². The number of carbonyl (C=O) groups excluding carboxylic acids is 1. The van der Waals surface area contributed by atoms with Gasteiger partial charge in [-0.05, 0) is 62.6 Å². The molecular weight excluding hydrogens is 388 g/mol. The zero-order valence-electron chi connectivity index (χ0n) is 17.3. The van der Waals surface area contributed by atoms with E-state index in [-0.39, 0.29) is 22.9 Å². The number of hydrogen-bond acceptors (Lipinski definition) is 4. The third-order valence-electron chi connectivity index (χ3n) is 5.50. The molecule has 2 aromatic carbocycles. The van der Waals surface area contributed by atoms with Crippen LogP contribution in [0.4, 0.5) is 0 Å². The molecule has 1 saturated heterocycles. The van der Waals surface area contributed by atoms with Crippen molar-refractivity contribution >= 4 is 15.9 Å². The first-order valence-corrected chi connectivity index (χ1v) is 11.2. The Labute approximate surface area is 173 Å². The lowest BCUT2D eigenvalue weighted by Gasteiger charge is -2.26. The number of likely N-dealkylation sites (tertiary alicyclic amines) is 1. The summed E-state index contributed by atoms with van der Waals surface area (Å²) in [6, 6.07) is 13.9. The quantitative estimate of drug-likeness (QED) is 0.720. The van der Waals surface area contributed by atoms with E-state index in [1.165, 1.54) is 16.4 Å². The van der Waals surface area contributed by atoms with Crippen LogP contribution in [0.3, 0.4) is 0 Å². The van der Waals surface area contributed by atoms with Gasteiger partial charge in [0.2, 0.25) is 10.0 Å². The molecule has 0 bridgehead atoms. The minimum Gasteiger partial charge on any atom is -0.497 e. The van der Waals surface area contributed by atoms with Crippen LogP contribution in [0, 0.1) is 0 Å². The molecule has 0 spiro atoms.